The van der Waals surface area contributed by atoms with Crippen molar-refractivity contribution in [3.63, 3.8) is 0 Å². The van der Waals surface area contributed by atoms with E-state index in [9.17, 15) is 4.39 Å². The Balaban J connectivity index is 2.72. The Kier molecular flexibility index (Phi) is 4.90. The molecule has 0 bridgehead atoms. The van der Waals surface area contributed by atoms with Gasteiger partial charge in [0.05, 0.1) is 0 Å². The fourth-order valence-corrected chi connectivity index (χ4v) is 0.484. The Labute approximate surface area is 49.0 Å². The summed E-state index contributed by atoms with van der Waals surface area (Å²) in [5.41, 5.74) is 9.98. The Morgan fingerprint density at radius 2 is 2.00 bits per heavy atom. The van der Waals surface area contributed by atoms with E-state index in [1.54, 1.807) is 0 Å². The molecule has 0 aliphatic rings. The number of unbranched alkanes of at least 4 members (excludes halogenated alkanes) is 1. The molecule has 0 rings (SSSR count). The van der Waals surface area contributed by atoms with Crippen LogP contribution < -0.4 is 11.5 Å². The molecule has 0 radical (unpaired) electrons. The summed E-state index contributed by atoms with van der Waals surface area (Å²) in [5, 5.41) is 0. The monoisotopic (exact) mass is 120 g/mol. The quantitative estimate of drug-likeness (QED) is 0.416. The van der Waals surface area contributed by atoms with Gasteiger partial charge in [-0.15, -0.1) is 0 Å². The van der Waals surface area contributed by atoms with Crippen LogP contribution in [0.25, 0.3) is 0 Å². The lowest BCUT2D eigenvalue weighted by Gasteiger charge is -1.97. The second-order valence-corrected chi connectivity index (χ2v) is 1.80. The molecule has 8 heavy (non-hydrogen) atoms. The molecule has 0 heterocycles. The second-order valence-electron chi connectivity index (χ2n) is 1.80. The third kappa shape index (κ3) is 5.85. The molecule has 2 nitrogen and oxygen atoms in total. The summed E-state index contributed by atoms with van der Waals surface area (Å²) in [7, 11) is 0. The van der Waals surface area contributed by atoms with Crippen molar-refractivity contribution in [3.05, 3.63) is 0 Å². The summed E-state index contributed by atoms with van der Waals surface area (Å²) in [4.78, 5) is 0. The molecule has 0 amide bonds. The summed E-state index contributed by atoms with van der Waals surface area (Å²) < 4.78 is 11.8. The van der Waals surface area contributed by atoms with Crippen LogP contribution in [0.1, 0.15) is 19.3 Å². The fraction of sp³-hybridized carbons (Fsp3) is 1.00. The zero-order chi connectivity index (χ0) is 6.41. The minimum absolute atomic E-state index is 0.442. The largest absolute Gasteiger partial charge is 0.330 e. The lowest BCUT2D eigenvalue weighted by atomic mass is 10.2. The average molecular weight is 120 g/mol. The van der Waals surface area contributed by atoms with E-state index in [0.717, 1.165) is 12.8 Å². The molecule has 0 aromatic carbocycles. The van der Waals surface area contributed by atoms with Gasteiger partial charge in [-0.3, -0.25) is 0 Å². The Bertz CT molecular complexity index is 47.7. The molecular formula is C5H13FN2. The van der Waals surface area contributed by atoms with Crippen molar-refractivity contribution in [3.8, 4) is 0 Å². The lowest BCUT2D eigenvalue weighted by molar-refractivity contribution is 0.316. The molecule has 0 fully saturated rings. The predicted molar refractivity (Wildman–Crippen MR) is 32.0 cm³/mol. The molecule has 0 aliphatic carbocycles. The molecular weight excluding hydrogens is 107 g/mol. The molecule has 0 aromatic heterocycles. The number of hydrogen-bond acceptors (Lipinski definition) is 2. The van der Waals surface area contributed by atoms with Crippen LogP contribution in [0.2, 0.25) is 0 Å². The maximum absolute atomic E-state index is 11.8. The van der Waals surface area contributed by atoms with Crippen molar-refractivity contribution >= 4 is 0 Å². The first-order valence-electron chi connectivity index (χ1n) is 2.87. The van der Waals surface area contributed by atoms with Gasteiger partial charge in [0.25, 0.3) is 0 Å². The van der Waals surface area contributed by atoms with Crippen molar-refractivity contribution < 1.29 is 4.39 Å². The average Bonchev–Trinajstić information content (AvgIpc) is 1.66. The highest BCUT2D eigenvalue weighted by Crippen LogP contribution is 1.96. The topological polar surface area (TPSA) is 52.0 Å². The first-order chi connectivity index (χ1) is 3.77. The number of rotatable bonds is 4. The lowest BCUT2D eigenvalue weighted by Crippen LogP contribution is -2.12. The first-order valence-corrected chi connectivity index (χ1v) is 2.87. The van der Waals surface area contributed by atoms with Crippen molar-refractivity contribution in [2.75, 3.05) is 6.54 Å². The Morgan fingerprint density at radius 3 is 2.38 bits per heavy atom. The zero-order valence-electron chi connectivity index (χ0n) is 4.94. The van der Waals surface area contributed by atoms with Crippen molar-refractivity contribution in [1.82, 2.24) is 0 Å². The minimum atomic E-state index is -1.15. The summed E-state index contributed by atoms with van der Waals surface area (Å²) in [5.74, 6) is 0. The maximum Gasteiger partial charge on any atom is 0.148 e. The van der Waals surface area contributed by atoms with E-state index in [2.05, 4.69) is 0 Å². The molecule has 0 saturated heterocycles. The Morgan fingerprint density at radius 1 is 1.38 bits per heavy atom. The van der Waals surface area contributed by atoms with Gasteiger partial charge in [-0.2, -0.15) is 0 Å². The van der Waals surface area contributed by atoms with E-state index in [0.29, 0.717) is 13.0 Å². The van der Waals surface area contributed by atoms with Crippen LogP contribution >= 0.6 is 0 Å². The zero-order valence-corrected chi connectivity index (χ0v) is 4.94. The highest BCUT2D eigenvalue weighted by Gasteiger charge is 1.94. The van der Waals surface area contributed by atoms with Crippen molar-refractivity contribution in [2.24, 2.45) is 11.5 Å². The SMILES string of the molecule is NCCCCC(N)F. The maximum atomic E-state index is 11.8. The van der Waals surface area contributed by atoms with Crippen molar-refractivity contribution in [1.29, 1.82) is 0 Å². The van der Waals surface area contributed by atoms with Gasteiger partial charge in [0.1, 0.15) is 6.30 Å². The normalized spacial score (nSPS) is 13.9. The predicted octanol–water partition coefficient (Wildman–Crippen LogP) is 0.370. The van der Waals surface area contributed by atoms with E-state index in [4.69, 9.17) is 11.5 Å². The molecule has 0 aromatic rings. The third-order valence-electron chi connectivity index (χ3n) is 0.934. The van der Waals surface area contributed by atoms with Gasteiger partial charge in [0.2, 0.25) is 0 Å². The van der Waals surface area contributed by atoms with E-state index in [1.807, 2.05) is 0 Å². The number of halogens is 1. The molecule has 3 heteroatoms. The number of alkyl halides is 1. The smallest absolute Gasteiger partial charge is 0.148 e. The minimum Gasteiger partial charge on any atom is -0.330 e. The van der Waals surface area contributed by atoms with E-state index in [1.165, 1.54) is 0 Å². The van der Waals surface area contributed by atoms with Crippen LogP contribution in [0.4, 0.5) is 4.39 Å². The van der Waals surface area contributed by atoms with Crippen LogP contribution in [-0.4, -0.2) is 12.8 Å². The fourth-order valence-electron chi connectivity index (χ4n) is 0.484. The van der Waals surface area contributed by atoms with Crippen molar-refractivity contribution in [2.45, 2.75) is 25.6 Å². The Hall–Kier alpha value is -0.150. The molecule has 4 N–H and O–H groups in total. The number of nitrogens with two attached hydrogens (primary N) is 2. The van der Waals surface area contributed by atoms with Gasteiger partial charge in [0, 0.05) is 0 Å². The van der Waals surface area contributed by atoms with Crippen LogP contribution in [0.5, 0.6) is 0 Å². The van der Waals surface area contributed by atoms with Gasteiger partial charge < -0.3 is 11.5 Å². The molecule has 1 unspecified atom stereocenters. The number of hydrogen-bond donors (Lipinski definition) is 2. The van der Waals surface area contributed by atoms with Gasteiger partial charge in [-0.1, -0.05) is 0 Å². The van der Waals surface area contributed by atoms with Gasteiger partial charge in [0.15, 0.2) is 0 Å². The van der Waals surface area contributed by atoms with Crippen LogP contribution in [0.15, 0.2) is 0 Å². The summed E-state index contributed by atoms with van der Waals surface area (Å²) in [6.45, 7) is 0.632. The van der Waals surface area contributed by atoms with E-state index < -0.39 is 6.30 Å². The van der Waals surface area contributed by atoms with E-state index in [-0.39, 0.29) is 0 Å². The highest BCUT2D eigenvalue weighted by molar-refractivity contribution is 4.46. The second kappa shape index (κ2) is 5.00. The standard InChI is InChI=1S/C5H13FN2/c6-5(8)3-1-2-4-7/h5H,1-4,7-8H2. The highest BCUT2D eigenvalue weighted by atomic mass is 19.1. The summed E-state index contributed by atoms with van der Waals surface area (Å²) in [6.07, 6.45) is 0.963. The molecule has 50 valence electrons. The first kappa shape index (κ1) is 7.85. The van der Waals surface area contributed by atoms with Crippen LogP contribution in [-0.2, 0) is 0 Å². The summed E-state index contributed by atoms with van der Waals surface area (Å²) >= 11 is 0. The molecule has 0 spiro atoms. The van der Waals surface area contributed by atoms with Gasteiger partial charge in [-0.25, -0.2) is 4.39 Å². The molecule has 0 aliphatic heterocycles. The summed E-state index contributed by atoms with van der Waals surface area (Å²) in [6, 6.07) is 0. The third-order valence-corrected chi connectivity index (χ3v) is 0.934. The van der Waals surface area contributed by atoms with Crippen LogP contribution in [0.3, 0.4) is 0 Å². The van der Waals surface area contributed by atoms with Crippen LogP contribution in [0, 0.1) is 0 Å². The van der Waals surface area contributed by atoms with Gasteiger partial charge >= 0.3 is 0 Å². The molecule has 0 saturated carbocycles. The van der Waals surface area contributed by atoms with Gasteiger partial charge in [-0.05, 0) is 25.8 Å². The molecule has 1 atom stereocenters. The van der Waals surface area contributed by atoms with E-state index >= 15 is 0 Å².